The van der Waals surface area contributed by atoms with Gasteiger partial charge in [0.05, 0.1) is 49.6 Å². The summed E-state index contributed by atoms with van der Waals surface area (Å²) in [5.41, 5.74) is 4.45. The number of aliphatic hydroxyl groups is 1. The number of aliphatic hydroxyl groups excluding tert-OH is 1. The van der Waals surface area contributed by atoms with Crippen molar-refractivity contribution < 1.29 is 33.7 Å². The number of aromatic amines is 1. The van der Waals surface area contributed by atoms with Crippen molar-refractivity contribution in [1.82, 2.24) is 35.3 Å². The highest BCUT2D eigenvalue weighted by atomic mass is 16.5. The molecule has 4 aromatic rings. The molecule has 0 radical (unpaired) electrons. The zero-order valence-corrected chi connectivity index (χ0v) is 31.0. The number of carbonyl (C=O) groups excluding carboxylic acids is 3. The van der Waals surface area contributed by atoms with Gasteiger partial charge in [0, 0.05) is 56.4 Å². The van der Waals surface area contributed by atoms with Gasteiger partial charge in [-0.3, -0.25) is 19.5 Å². The number of nitrogens with zero attached hydrogens (tertiary/aromatic N) is 6. The Morgan fingerprint density at radius 3 is 2.62 bits per heavy atom. The number of piperazine rings is 1. The molecule has 290 valence electrons. The molecule has 2 atom stereocenters. The number of rotatable bonds is 15. The summed E-state index contributed by atoms with van der Waals surface area (Å²) in [6.07, 6.45) is 3.95. The van der Waals surface area contributed by atoms with Crippen molar-refractivity contribution in [3.8, 4) is 17.1 Å². The highest BCUT2D eigenvalue weighted by Crippen LogP contribution is 2.41. The molecule has 2 unspecified atom stereocenters. The second kappa shape index (κ2) is 15.8. The molecular formula is C39H47N9O7. The van der Waals surface area contributed by atoms with Crippen molar-refractivity contribution >= 4 is 40.1 Å². The minimum absolute atomic E-state index is 0.0550. The van der Waals surface area contributed by atoms with E-state index in [1.54, 1.807) is 11.2 Å². The molecule has 2 aromatic carbocycles. The van der Waals surface area contributed by atoms with Crippen LogP contribution in [-0.4, -0.2) is 130 Å². The van der Waals surface area contributed by atoms with Gasteiger partial charge in [-0.25, -0.2) is 9.97 Å². The summed E-state index contributed by atoms with van der Waals surface area (Å²) in [5.74, 6) is 1.16. The predicted molar refractivity (Wildman–Crippen MR) is 202 cm³/mol. The zero-order valence-electron chi connectivity index (χ0n) is 31.0. The summed E-state index contributed by atoms with van der Waals surface area (Å²) in [5, 5.41) is 24.1. The number of ether oxygens (including phenoxy) is 3. The summed E-state index contributed by atoms with van der Waals surface area (Å²) < 4.78 is 17.6. The molecule has 16 nitrogen and oxygen atoms in total. The van der Waals surface area contributed by atoms with Crippen LogP contribution in [0.1, 0.15) is 54.9 Å². The van der Waals surface area contributed by atoms with Gasteiger partial charge < -0.3 is 44.7 Å². The van der Waals surface area contributed by atoms with Crippen LogP contribution in [0.15, 0.2) is 48.8 Å². The zero-order chi connectivity index (χ0) is 37.9. The van der Waals surface area contributed by atoms with Crippen LogP contribution in [0.3, 0.4) is 0 Å². The second-order valence-corrected chi connectivity index (χ2v) is 14.8. The van der Waals surface area contributed by atoms with E-state index in [2.05, 4.69) is 42.6 Å². The second-order valence-electron chi connectivity index (χ2n) is 14.8. The first-order valence-corrected chi connectivity index (χ1v) is 19.1. The molecule has 8 rings (SSSR count). The van der Waals surface area contributed by atoms with Gasteiger partial charge in [-0.2, -0.15) is 5.10 Å². The summed E-state index contributed by atoms with van der Waals surface area (Å²) in [6, 6.07) is 13.0. The van der Waals surface area contributed by atoms with Crippen LogP contribution in [0.2, 0.25) is 0 Å². The van der Waals surface area contributed by atoms with Crippen LogP contribution in [-0.2, 0) is 25.6 Å². The molecule has 5 heterocycles. The van der Waals surface area contributed by atoms with Gasteiger partial charge in [0.1, 0.15) is 41.5 Å². The van der Waals surface area contributed by atoms with E-state index in [9.17, 15) is 19.5 Å². The van der Waals surface area contributed by atoms with E-state index in [-0.39, 0.29) is 23.3 Å². The van der Waals surface area contributed by atoms with E-state index in [1.165, 1.54) is 0 Å². The molecule has 2 saturated heterocycles. The topological polar surface area (TPSA) is 187 Å². The standard InChI is InChI=1S/C39H47N9O7/c1-39(10-11-39)55-26-5-6-28-27(21-26)36(45-44-28)30-22-32(42-24-41-30)46-13-15-47(16-14-46)34(50)9-17-53-19-20-54-18-12-40-29-4-2-3-25-23-48(38(52)35(25)29)31-7-8-33(49)43-37(31)51/h2-6,21-22,24,31,33,40,49H,7-20,23H2,1H3,(H,43,51)(H,44,45). The summed E-state index contributed by atoms with van der Waals surface area (Å²) in [4.78, 5) is 53.3. The molecule has 0 spiro atoms. The Balaban J connectivity index is 0.723. The Morgan fingerprint density at radius 2 is 1.82 bits per heavy atom. The fourth-order valence-corrected chi connectivity index (χ4v) is 7.41. The summed E-state index contributed by atoms with van der Waals surface area (Å²) >= 11 is 0. The van der Waals surface area contributed by atoms with Crippen LogP contribution in [0.5, 0.6) is 5.75 Å². The first-order valence-electron chi connectivity index (χ1n) is 19.1. The van der Waals surface area contributed by atoms with Crippen LogP contribution >= 0.6 is 0 Å². The Labute approximate surface area is 318 Å². The van der Waals surface area contributed by atoms with E-state index < -0.39 is 12.3 Å². The number of anilines is 2. The maximum atomic E-state index is 13.3. The van der Waals surface area contributed by atoms with Crippen molar-refractivity contribution in [2.75, 3.05) is 69.4 Å². The number of hydrogen-bond donors (Lipinski definition) is 4. The third-order valence-electron chi connectivity index (χ3n) is 10.8. The Hall–Kier alpha value is -5.32. The number of amides is 3. The molecular weight excluding hydrogens is 706 g/mol. The molecule has 0 bridgehead atoms. The third-order valence-corrected chi connectivity index (χ3v) is 10.8. The fraction of sp³-hybridized carbons (Fsp3) is 0.487. The molecule has 3 amide bonds. The number of piperidine rings is 1. The lowest BCUT2D eigenvalue weighted by Gasteiger charge is -2.35. The number of hydrogen-bond acceptors (Lipinski definition) is 12. The summed E-state index contributed by atoms with van der Waals surface area (Å²) in [7, 11) is 0. The van der Waals surface area contributed by atoms with E-state index in [0.29, 0.717) is 96.2 Å². The summed E-state index contributed by atoms with van der Waals surface area (Å²) in [6.45, 7) is 6.91. The van der Waals surface area contributed by atoms with Gasteiger partial charge in [0.25, 0.3) is 5.91 Å². The monoisotopic (exact) mass is 753 g/mol. The predicted octanol–water partition coefficient (Wildman–Crippen LogP) is 2.69. The molecule has 55 heavy (non-hydrogen) atoms. The smallest absolute Gasteiger partial charge is 0.257 e. The average molecular weight is 754 g/mol. The maximum absolute atomic E-state index is 13.3. The van der Waals surface area contributed by atoms with Gasteiger partial charge in [-0.1, -0.05) is 12.1 Å². The lowest BCUT2D eigenvalue weighted by atomic mass is 10.0. The van der Waals surface area contributed by atoms with E-state index >= 15 is 0 Å². The normalized spacial score (nSPS) is 20.4. The fourth-order valence-electron chi connectivity index (χ4n) is 7.41. The SMILES string of the molecule is CC1(Oc2ccc3[nH]nc(-c4cc(N5CCN(C(=O)CCOCCOCCNc6cccc7c6C(=O)N(C6CCC(O)NC6=O)C7)CC5)ncn4)c3c2)CC1. The lowest BCUT2D eigenvalue weighted by Crippen LogP contribution is -2.54. The highest BCUT2D eigenvalue weighted by Gasteiger charge is 2.41. The van der Waals surface area contributed by atoms with Crippen LogP contribution < -0.4 is 20.3 Å². The minimum atomic E-state index is -0.865. The molecule has 1 saturated carbocycles. The van der Waals surface area contributed by atoms with Gasteiger partial charge >= 0.3 is 0 Å². The maximum Gasteiger partial charge on any atom is 0.257 e. The number of aromatic nitrogens is 4. The van der Waals surface area contributed by atoms with E-state index in [4.69, 9.17) is 14.2 Å². The van der Waals surface area contributed by atoms with Crippen molar-refractivity contribution in [3.63, 3.8) is 0 Å². The van der Waals surface area contributed by atoms with Crippen molar-refractivity contribution in [2.24, 2.45) is 0 Å². The molecule has 2 aromatic heterocycles. The molecule has 4 N–H and O–H groups in total. The van der Waals surface area contributed by atoms with Crippen LogP contribution in [0.4, 0.5) is 11.5 Å². The first-order chi connectivity index (χ1) is 26.7. The largest absolute Gasteiger partial charge is 0.488 e. The number of H-pyrrole nitrogens is 1. The first kappa shape index (κ1) is 36.6. The number of carbonyl (C=O) groups is 3. The van der Waals surface area contributed by atoms with Gasteiger partial charge in [-0.05, 0) is 62.4 Å². The molecule has 16 heteroatoms. The Morgan fingerprint density at radius 1 is 1.00 bits per heavy atom. The Bertz CT molecular complexity index is 2040. The van der Waals surface area contributed by atoms with Crippen LogP contribution in [0.25, 0.3) is 22.3 Å². The van der Waals surface area contributed by atoms with E-state index in [0.717, 1.165) is 52.3 Å². The molecule has 3 fully saturated rings. The van der Waals surface area contributed by atoms with Crippen molar-refractivity contribution in [2.45, 2.75) is 63.4 Å². The van der Waals surface area contributed by atoms with Gasteiger partial charge in [0.2, 0.25) is 11.8 Å². The van der Waals surface area contributed by atoms with Crippen molar-refractivity contribution in [3.05, 3.63) is 59.9 Å². The van der Waals surface area contributed by atoms with Crippen LogP contribution in [0, 0.1) is 0 Å². The highest BCUT2D eigenvalue weighted by molar-refractivity contribution is 6.05. The Kier molecular flexibility index (Phi) is 10.5. The number of nitrogens with one attached hydrogen (secondary N) is 3. The van der Waals surface area contributed by atoms with Gasteiger partial charge in [0.15, 0.2) is 0 Å². The number of fused-ring (bicyclic) bond motifs is 2. The molecule has 3 aliphatic heterocycles. The van der Waals surface area contributed by atoms with Gasteiger partial charge in [-0.15, -0.1) is 0 Å². The molecule has 4 aliphatic rings. The minimum Gasteiger partial charge on any atom is -0.488 e. The lowest BCUT2D eigenvalue weighted by molar-refractivity contribution is -0.133. The van der Waals surface area contributed by atoms with E-state index in [1.807, 2.05) is 47.4 Å². The quantitative estimate of drug-likeness (QED) is 0.130. The molecule has 1 aliphatic carbocycles. The van der Waals surface area contributed by atoms with Crippen molar-refractivity contribution in [1.29, 1.82) is 0 Å². The number of benzene rings is 2. The third kappa shape index (κ3) is 8.21. The average Bonchev–Trinajstić information content (AvgIpc) is 3.60.